The maximum atomic E-state index is 12.4. The van der Waals surface area contributed by atoms with Crippen LogP contribution in [-0.2, 0) is 16.1 Å². The molecule has 2 aromatic carbocycles. The van der Waals surface area contributed by atoms with Crippen LogP contribution in [-0.4, -0.2) is 51.7 Å². The molecule has 28 heavy (non-hydrogen) atoms. The van der Waals surface area contributed by atoms with Gasteiger partial charge in [-0.15, -0.1) is 0 Å². The van der Waals surface area contributed by atoms with Gasteiger partial charge in [-0.05, 0) is 24.3 Å². The van der Waals surface area contributed by atoms with E-state index < -0.39 is 5.97 Å². The minimum Gasteiger partial charge on any atom is -0.465 e. The lowest BCUT2D eigenvalue weighted by molar-refractivity contribution is -1.02. The van der Waals surface area contributed by atoms with Crippen molar-refractivity contribution in [1.82, 2.24) is 0 Å². The second-order valence-corrected chi connectivity index (χ2v) is 7.51. The Balaban J connectivity index is 1.48. The number of benzene rings is 2. The molecule has 148 valence electrons. The van der Waals surface area contributed by atoms with Crippen molar-refractivity contribution in [2.45, 2.75) is 6.54 Å². The van der Waals surface area contributed by atoms with Crippen LogP contribution in [0.5, 0.6) is 0 Å². The van der Waals surface area contributed by atoms with Crippen molar-refractivity contribution in [3.05, 3.63) is 64.7 Å². The van der Waals surface area contributed by atoms with E-state index in [1.54, 1.807) is 24.3 Å². The SMILES string of the molecule is COC(=O)c1ccccc1NC(=O)C[NH+]1CC[NH+](Cc2cccc(Cl)c2)CC1. The lowest BCUT2D eigenvalue weighted by atomic mass is 10.1. The Bertz CT molecular complexity index is 835. The van der Waals surface area contributed by atoms with E-state index in [-0.39, 0.29) is 5.91 Å². The van der Waals surface area contributed by atoms with E-state index in [9.17, 15) is 9.59 Å². The first kappa shape index (κ1) is 20.3. The monoisotopic (exact) mass is 403 g/mol. The third-order valence-electron chi connectivity index (χ3n) is 5.02. The summed E-state index contributed by atoms with van der Waals surface area (Å²) in [6, 6.07) is 14.9. The van der Waals surface area contributed by atoms with Gasteiger partial charge in [-0.25, -0.2) is 4.79 Å². The molecule has 7 heteroatoms. The van der Waals surface area contributed by atoms with Crippen molar-refractivity contribution in [3.8, 4) is 0 Å². The molecule has 1 aliphatic heterocycles. The number of rotatable bonds is 6. The van der Waals surface area contributed by atoms with Crippen molar-refractivity contribution in [3.63, 3.8) is 0 Å². The van der Waals surface area contributed by atoms with Crippen LogP contribution < -0.4 is 15.1 Å². The Labute approximate surface area is 170 Å². The summed E-state index contributed by atoms with van der Waals surface area (Å²) in [5.74, 6) is -0.550. The number of carbonyl (C=O) groups excluding carboxylic acids is 2. The Morgan fingerprint density at radius 1 is 1.04 bits per heavy atom. The number of carbonyl (C=O) groups is 2. The molecule has 6 nitrogen and oxygen atoms in total. The molecule has 2 aromatic rings. The van der Waals surface area contributed by atoms with Gasteiger partial charge in [0.15, 0.2) is 6.54 Å². The number of nitrogens with one attached hydrogen (secondary N) is 3. The predicted molar refractivity (Wildman–Crippen MR) is 108 cm³/mol. The maximum Gasteiger partial charge on any atom is 0.339 e. The number of anilines is 1. The normalized spacial score (nSPS) is 19.1. The topological polar surface area (TPSA) is 64.3 Å². The Kier molecular flexibility index (Phi) is 7.03. The van der Waals surface area contributed by atoms with Crippen LogP contribution >= 0.6 is 11.6 Å². The standard InChI is InChI=1S/C21H24ClN3O3/c1-28-21(27)18-7-2-3-8-19(18)23-20(26)15-25-11-9-24(10-12-25)14-16-5-4-6-17(22)13-16/h2-8,13H,9-12,14-15H2,1H3,(H,23,26)/p+2. The molecule has 0 aliphatic carbocycles. The largest absolute Gasteiger partial charge is 0.465 e. The molecule has 1 saturated heterocycles. The molecule has 1 amide bonds. The molecular weight excluding hydrogens is 378 g/mol. The Hall–Kier alpha value is -2.41. The fourth-order valence-corrected chi connectivity index (χ4v) is 3.76. The van der Waals surface area contributed by atoms with E-state index in [0.29, 0.717) is 17.8 Å². The number of methoxy groups -OCH3 is 1. The van der Waals surface area contributed by atoms with Crippen LogP contribution in [0.25, 0.3) is 0 Å². The summed E-state index contributed by atoms with van der Waals surface area (Å²) in [4.78, 5) is 27.0. The smallest absolute Gasteiger partial charge is 0.339 e. The zero-order valence-electron chi connectivity index (χ0n) is 16.0. The number of piperazine rings is 1. The molecule has 0 aromatic heterocycles. The second kappa shape index (κ2) is 9.68. The molecule has 3 rings (SSSR count). The summed E-state index contributed by atoms with van der Waals surface area (Å²) in [6.07, 6.45) is 0. The number of para-hydroxylation sites is 1. The van der Waals surface area contributed by atoms with E-state index in [1.165, 1.54) is 22.5 Å². The molecular formula is C21H26ClN3O3+2. The fraction of sp³-hybridized carbons (Fsp3) is 0.333. The highest BCUT2D eigenvalue weighted by atomic mass is 35.5. The number of amides is 1. The molecule has 0 spiro atoms. The van der Waals surface area contributed by atoms with Crippen LogP contribution in [0.3, 0.4) is 0 Å². The average molecular weight is 404 g/mol. The number of esters is 1. The summed E-state index contributed by atoms with van der Waals surface area (Å²) in [5.41, 5.74) is 2.09. The first-order valence-electron chi connectivity index (χ1n) is 9.44. The molecule has 1 aliphatic rings. The Morgan fingerprint density at radius 2 is 1.75 bits per heavy atom. The molecule has 0 bridgehead atoms. The van der Waals surface area contributed by atoms with Gasteiger partial charge in [0.2, 0.25) is 0 Å². The number of hydrogen-bond acceptors (Lipinski definition) is 3. The second-order valence-electron chi connectivity index (χ2n) is 7.07. The van der Waals surface area contributed by atoms with Gasteiger partial charge in [0.25, 0.3) is 5.91 Å². The predicted octanol–water partition coefficient (Wildman–Crippen LogP) is 0.0487. The summed E-state index contributed by atoms with van der Waals surface area (Å²) in [7, 11) is 1.33. The van der Waals surface area contributed by atoms with Crippen LogP contribution in [0.4, 0.5) is 5.69 Å². The van der Waals surface area contributed by atoms with Crippen molar-refractivity contribution < 1.29 is 24.1 Å². The lowest BCUT2D eigenvalue weighted by Gasteiger charge is -2.29. The van der Waals surface area contributed by atoms with Gasteiger partial charge in [-0.1, -0.05) is 35.9 Å². The number of halogens is 1. The van der Waals surface area contributed by atoms with E-state index in [1.807, 2.05) is 18.2 Å². The summed E-state index contributed by atoms with van der Waals surface area (Å²) >= 11 is 6.06. The van der Waals surface area contributed by atoms with Crippen LogP contribution in [0, 0.1) is 0 Å². The van der Waals surface area contributed by atoms with Gasteiger partial charge in [0.05, 0.1) is 18.4 Å². The Morgan fingerprint density at radius 3 is 2.46 bits per heavy atom. The molecule has 1 fully saturated rings. The molecule has 0 unspecified atom stereocenters. The van der Waals surface area contributed by atoms with E-state index >= 15 is 0 Å². The number of ether oxygens (including phenoxy) is 1. The van der Waals surface area contributed by atoms with Crippen molar-refractivity contribution in [2.24, 2.45) is 0 Å². The summed E-state index contributed by atoms with van der Waals surface area (Å²) in [6.45, 7) is 5.22. The van der Waals surface area contributed by atoms with E-state index in [2.05, 4.69) is 11.4 Å². The molecule has 0 saturated carbocycles. The minimum absolute atomic E-state index is 0.0929. The van der Waals surface area contributed by atoms with Crippen molar-refractivity contribution >= 4 is 29.2 Å². The van der Waals surface area contributed by atoms with Crippen molar-refractivity contribution in [2.75, 3.05) is 45.2 Å². The highest BCUT2D eigenvalue weighted by Gasteiger charge is 2.25. The quantitative estimate of drug-likeness (QED) is 0.597. The van der Waals surface area contributed by atoms with Crippen LogP contribution in [0.15, 0.2) is 48.5 Å². The van der Waals surface area contributed by atoms with E-state index in [0.717, 1.165) is 37.7 Å². The van der Waals surface area contributed by atoms with Crippen LogP contribution in [0.1, 0.15) is 15.9 Å². The molecule has 0 radical (unpaired) electrons. The summed E-state index contributed by atoms with van der Waals surface area (Å²) in [5, 5.41) is 3.62. The van der Waals surface area contributed by atoms with Gasteiger partial charge in [0.1, 0.15) is 32.7 Å². The first-order valence-corrected chi connectivity index (χ1v) is 9.81. The highest BCUT2D eigenvalue weighted by Crippen LogP contribution is 2.15. The first-order chi connectivity index (χ1) is 13.5. The highest BCUT2D eigenvalue weighted by molar-refractivity contribution is 6.30. The number of quaternary nitrogens is 2. The zero-order valence-corrected chi connectivity index (χ0v) is 16.7. The molecule has 0 atom stereocenters. The lowest BCUT2D eigenvalue weighted by Crippen LogP contribution is -3.28. The molecule has 3 N–H and O–H groups in total. The molecule has 1 heterocycles. The van der Waals surface area contributed by atoms with Crippen molar-refractivity contribution in [1.29, 1.82) is 0 Å². The van der Waals surface area contributed by atoms with Gasteiger partial charge >= 0.3 is 5.97 Å². The number of hydrogen-bond donors (Lipinski definition) is 3. The maximum absolute atomic E-state index is 12.4. The third-order valence-corrected chi connectivity index (χ3v) is 5.26. The summed E-state index contributed by atoms with van der Waals surface area (Å²) < 4.78 is 4.77. The van der Waals surface area contributed by atoms with Gasteiger partial charge in [0, 0.05) is 10.6 Å². The third kappa shape index (κ3) is 5.55. The van der Waals surface area contributed by atoms with E-state index in [4.69, 9.17) is 16.3 Å². The fourth-order valence-electron chi connectivity index (χ4n) is 3.55. The minimum atomic E-state index is -0.457. The average Bonchev–Trinajstić information content (AvgIpc) is 2.69. The van der Waals surface area contributed by atoms with Gasteiger partial charge in [-0.3, -0.25) is 4.79 Å². The van der Waals surface area contributed by atoms with Gasteiger partial charge < -0.3 is 19.9 Å². The zero-order chi connectivity index (χ0) is 19.9. The van der Waals surface area contributed by atoms with Gasteiger partial charge in [-0.2, -0.15) is 0 Å². The van der Waals surface area contributed by atoms with Crippen LogP contribution in [0.2, 0.25) is 5.02 Å².